The molecule has 4 rings (SSSR count). The van der Waals surface area contributed by atoms with Crippen LogP contribution in [0.25, 0.3) is 10.8 Å². The highest BCUT2D eigenvalue weighted by Crippen LogP contribution is 2.38. The van der Waals surface area contributed by atoms with Gasteiger partial charge in [-0.05, 0) is 37.6 Å². The summed E-state index contributed by atoms with van der Waals surface area (Å²) < 4.78 is 0. The first-order valence-electron chi connectivity index (χ1n) is 10.3. The van der Waals surface area contributed by atoms with Crippen molar-refractivity contribution < 1.29 is 19.2 Å². The van der Waals surface area contributed by atoms with Crippen molar-refractivity contribution in [1.82, 2.24) is 14.9 Å². The van der Waals surface area contributed by atoms with Crippen molar-refractivity contribution in [1.29, 1.82) is 0 Å². The van der Waals surface area contributed by atoms with Crippen molar-refractivity contribution in [3.8, 4) is 0 Å². The molecule has 7 heteroatoms. The maximum absolute atomic E-state index is 13.3. The summed E-state index contributed by atoms with van der Waals surface area (Å²) in [5, 5.41) is 3.31. The van der Waals surface area contributed by atoms with Gasteiger partial charge in [0.05, 0.1) is 11.1 Å². The van der Waals surface area contributed by atoms with E-state index >= 15 is 0 Å². The minimum absolute atomic E-state index is 0.223. The van der Waals surface area contributed by atoms with Gasteiger partial charge in [0, 0.05) is 42.0 Å². The Morgan fingerprint density at radius 1 is 0.767 bits per heavy atom. The number of hydrogen-bond donors (Lipinski definition) is 0. The number of carbonyl (C=O) groups is 4. The van der Waals surface area contributed by atoms with Crippen LogP contribution in [-0.2, 0) is 0 Å². The maximum Gasteiger partial charge on any atom is 0.276 e. The first-order valence-corrected chi connectivity index (χ1v) is 10.3. The molecule has 2 aromatic carbocycles. The molecule has 1 unspecified atom stereocenters. The number of unbranched alkanes of at least 4 members (excludes halogenated alkanes) is 2. The van der Waals surface area contributed by atoms with Gasteiger partial charge in [0.2, 0.25) is 0 Å². The van der Waals surface area contributed by atoms with Crippen LogP contribution in [0.3, 0.4) is 0 Å². The summed E-state index contributed by atoms with van der Waals surface area (Å²) in [5.41, 5.74) is 1.38. The van der Waals surface area contributed by atoms with Crippen LogP contribution >= 0.6 is 0 Å². The molecule has 0 aromatic heterocycles. The van der Waals surface area contributed by atoms with E-state index in [0.717, 1.165) is 30.7 Å². The van der Waals surface area contributed by atoms with Crippen LogP contribution in [-0.4, -0.2) is 58.7 Å². The zero-order chi connectivity index (χ0) is 21.7. The van der Waals surface area contributed by atoms with Gasteiger partial charge in [0.15, 0.2) is 0 Å². The summed E-state index contributed by atoms with van der Waals surface area (Å²) in [6.07, 6.45) is 3.80. The topological polar surface area (TPSA) is 78.0 Å². The quantitative estimate of drug-likeness (QED) is 0.541. The summed E-state index contributed by atoms with van der Waals surface area (Å²) in [7, 11) is 3.24. The molecule has 0 radical (unpaired) electrons. The summed E-state index contributed by atoms with van der Waals surface area (Å²) in [4.78, 5) is 53.8. The number of amides is 4. The molecule has 30 heavy (non-hydrogen) atoms. The van der Waals surface area contributed by atoms with Gasteiger partial charge in [-0.3, -0.25) is 24.1 Å². The second kappa shape index (κ2) is 7.32. The Morgan fingerprint density at radius 3 is 1.60 bits per heavy atom. The molecule has 0 bridgehead atoms. The Morgan fingerprint density at radius 2 is 1.20 bits per heavy atom. The van der Waals surface area contributed by atoms with E-state index in [9.17, 15) is 19.2 Å². The van der Waals surface area contributed by atoms with Crippen LogP contribution in [0.15, 0.2) is 24.3 Å². The number of nitrogens with zero attached hydrogens (tertiary/aromatic N) is 3. The number of benzene rings is 2. The molecule has 0 N–H and O–H groups in total. The van der Waals surface area contributed by atoms with Crippen molar-refractivity contribution >= 4 is 34.4 Å². The Bertz CT molecular complexity index is 1030. The van der Waals surface area contributed by atoms with Crippen LogP contribution in [0.4, 0.5) is 0 Å². The molecule has 2 heterocycles. The maximum atomic E-state index is 13.3. The molecule has 2 aliphatic rings. The van der Waals surface area contributed by atoms with E-state index in [0.29, 0.717) is 33.0 Å². The van der Waals surface area contributed by atoms with E-state index in [2.05, 4.69) is 6.92 Å². The Balaban J connectivity index is 1.87. The van der Waals surface area contributed by atoms with Crippen LogP contribution in [0, 0.1) is 0 Å². The van der Waals surface area contributed by atoms with Gasteiger partial charge in [-0.2, -0.15) is 0 Å². The third-order valence-corrected chi connectivity index (χ3v) is 5.97. The molecule has 7 nitrogen and oxygen atoms in total. The highest BCUT2D eigenvalue weighted by Gasteiger charge is 2.41. The SMILES string of the molecule is CCCCCC(C)N1C(=O)c2ccc3c4c(ccc(c24)C1=O)C(=O)N(N(C)C)C3=O. The molecule has 2 aromatic rings. The fourth-order valence-corrected chi connectivity index (χ4v) is 4.46. The summed E-state index contributed by atoms with van der Waals surface area (Å²) in [5.74, 6) is -1.65. The lowest BCUT2D eigenvalue weighted by atomic mass is 9.85. The number of hydrazine groups is 1. The van der Waals surface area contributed by atoms with Gasteiger partial charge >= 0.3 is 0 Å². The number of hydrogen-bond acceptors (Lipinski definition) is 5. The van der Waals surface area contributed by atoms with Crippen molar-refractivity contribution in [2.75, 3.05) is 14.1 Å². The lowest BCUT2D eigenvalue weighted by molar-refractivity contribution is 0.0182. The average Bonchev–Trinajstić information content (AvgIpc) is 2.70. The zero-order valence-corrected chi connectivity index (χ0v) is 17.7. The summed E-state index contributed by atoms with van der Waals surface area (Å²) in [6, 6.07) is 6.16. The standard InChI is InChI=1S/C23H25N3O4/c1-5-6-7-8-13(2)25-20(27)14-9-11-16-19-17(12-10-15(18(14)19)21(25)28)23(30)26(22(16)29)24(3)4/h9-13H,5-8H2,1-4H3. The van der Waals surface area contributed by atoms with Crippen molar-refractivity contribution in [3.05, 3.63) is 46.5 Å². The van der Waals surface area contributed by atoms with E-state index in [1.807, 2.05) is 6.92 Å². The number of imide groups is 2. The second-order valence-electron chi connectivity index (χ2n) is 8.17. The van der Waals surface area contributed by atoms with E-state index in [1.165, 1.54) is 9.91 Å². The fourth-order valence-electron chi connectivity index (χ4n) is 4.46. The van der Waals surface area contributed by atoms with Crippen LogP contribution < -0.4 is 0 Å². The molecule has 4 amide bonds. The Kier molecular flexibility index (Phi) is 4.94. The van der Waals surface area contributed by atoms with Crippen LogP contribution in [0.1, 0.15) is 81.0 Å². The Hall–Kier alpha value is -3.06. The smallest absolute Gasteiger partial charge is 0.272 e. The molecule has 0 saturated carbocycles. The van der Waals surface area contributed by atoms with Gasteiger partial charge in [-0.1, -0.05) is 26.2 Å². The third kappa shape index (κ3) is 2.76. The lowest BCUT2D eigenvalue weighted by Gasteiger charge is -2.35. The van der Waals surface area contributed by atoms with Gasteiger partial charge < -0.3 is 0 Å². The predicted octanol–water partition coefficient (Wildman–Crippen LogP) is 3.48. The summed E-state index contributed by atoms with van der Waals surface area (Å²) >= 11 is 0. The average molecular weight is 407 g/mol. The van der Waals surface area contributed by atoms with E-state index in [-0.39, 0.29) is 17.9 Å². The molecule has 1 atom stereocenters. The minimum atomic E-state index is -0.462. The molecule has 156 valence electrons. The molecule has 2 aliphatic heterocycles. The molecule has 0 fully saturated rings. The van der Waals surface area contributed by atoms with Gasteiger partial charge in [0.25, 0.3) is 23.6 Å². The largest absolute Gasteiger partial charge is 0.276 e. The van der Waals surface area contributed by atoms with Gasteiger partial charge in [-0.25, -0.2) is 10.0 Å². The monoisotopic (exact) mass is 407 g/mol. The summed E-state index contributed by atoms with van der Waals surface area (Å²) in [6.45, 7) is 4.00. The first-order chi connectivity index (χ1) is 14.3. The molecular formula is C23H25N3O4. The normalized spacial score (nSPS) is 16.8. The molecule has 0 aliphatic carbocycles. The van der Waals surface area contributed by atoms with Crippen molar-refractivity contribution in [3.63, 3.8) is 0 Å². The predicted molar refractivity (Wildman–Crippen MR) is 112 cm³/mol. The Labute approximate surface area is 175 Å². The first kappa shape index (κ1) is 20.2. The second-order valence-corrected chi connectivity index (χ2v) is 8.17. The van der Waals surface area contributed by atoms with Gasteiger partial charge in [-0.15, -0.1) is 0 Å². The van der Waals surface area contributed by atoms with E-state index in [4.69, 9.17) is 0 Å². The van der Waals surface area contributed by atoms with Crippen LogP contribution in [0.5, 0.6) is 0 Å². The highest BCUT2D eigenvalue weighted by atomic mass is 16.2. The molecule has 0 spiro atoms. The van der Waals surface area contributed by atoms with E-state index < -0.39 is 11.8 Å². The van der Waals surface area contributed by atoms with Crippen molar-refractivity contribution in [2.45, 2.75) is 45.6 Å². The molecular weight excluding hydrogens is 382 g/mol. The third-order valence-electron chi connectivity index (χ3n) is 5.97. The minimum Gasteiger partial charge on any atom is -0.272 e. The number of carbonyl (C=O) groups excluding carboxylic acids is 4. The van der Waals surface area contributed by atoms with Gasteiger partial charge in [0.1, 0.15) is 0 Å². The van der Waals surface area contributed by atoms with E-state index in [1.54, 1.807) is 38.4 Å². The zero-order valence-electron chi connectivity index (χ0n) is 17.7. The molecule has 0 saturated heterocycles. The number of rotatable bonds is 6. The van der Waals surface area contributed by atoms with Crippen LogP contribution in [0.2, 0.25) is 0 Å². The highest BCUT2D eigenvalue weighted by molar-refractivity contribution is 6.33. The fraction of sp³-hybridized carbons (Fsp3) is 0.391. The lowest BCUT2D eigenvalue weighted by Crippen LogP contribution is -2.49. The van der Waals surface area contributed by atoms with Crippen molar-refractivity contribution in [2.24, 2.45) is 0 Å².